The zero-order valence-electron chi connectivity index (χ0n) is 16.5. The number of aryl methyl sites for hydroxylation is 1. The highest BCUT2D eigenvalue weighted by atomic mass is 32.1. The van der Waals surface area contributed by atoms with Gasteiger partial charge >= 0.3 is 0 Å². The molecule has 1 aliphatic heterocycles. The van der Waals surface area contributed by atoms with Crippen LogP contribution in [0.2, 0.25) is 0 Å². The molecule has 0 amide bonds. The van der Waals surface area contributed by atoms with Gasteiger partial charge in [0.15, 0.2) is 5.11 Å². The van der Waals surface area contributed by atoms with E-state index in [-0.39, 0.29) is 6.04 Å². The molecule has 0 aromatic heterocycles. The minimum Gasteiger partial charge on any atom is -0.489 e. The number of ether oxygens (including phenoxy) is 1. The van der Waals surface area contributed by atoms with Crippen LogP contribution in [-0.4, -0.2) is 23.1 Å². The molecular weight excluding hydrogens is 376 g/mol. The molecule has 1 heterocycles. The molecule has 4 heteroatoms. The zero-order valence-corrected chi connectivity index (χ0v) is 17.3. The summed E-state index contributed by atoms with van der Waals surface area (Å²) in [6, 6.07) is 29.5. The van der Waals surface area contributed by atoms with Crippen molar-refractivity contribution in [1.82, 2.24) is 10.2 Å². The molecule has 1 atom stereocenters. The van der Waals surface area contributed by atoms with E-state index in [0.29, 0.717) is 6.61 Å². The first-order chi connectivity index (χ1) is 14.3. The van der Waals surface area contributed by atoms with E-state index >= 15 is 0 Å². The minimum absolute atomic E-state index is 0.249. The van der Waals surface area contributed by atoms with Gasteiger partial charge in [-0.15, -0.1) is 0 Å². The monoisotopic (exact) mass is 402 g/mol. The quantitative estimate of drug-likeness (QED) is 0.528. The average Bonchev–Trinajstić information content (AvgIpc) is 3.14. The largest absolute Gasteiger partial charge is 0.489 e. The predicted octanol–water partition coefficient (Wildman–Crippen LogP) is 5.13. The van der Waals surface area contributed by atoms with Crippen molar-refractivity contribution in [2.24, 2.45) is 0 Å². The van der Waals surface area contributed by atoms with Crippen LogP contribution in [0.4, 0.5) is 0 Å². The maximum atomic E-state index is 6.02. The van der Waals surface area contributed by atoms with Gasteiger partial charge in [-0.1, -0.05) is 72.8 Å². The van der Waals surface area contributed by atoms with Gasteiger partial charge in [0.1, 0.15) is 12.4 Å². The zero-order chi connectivity index (χ0) is 19.9. The van der Waals surface area contributed by atoms with Crippen LogP contribution in [-0.2, 0) is 13.0 Å². The topological polar surface area (TPSA) is 24.5 Å². The van der Waals surface area contributed by atoms with E-state index in [2.05, 4.69) is 70.9 Å². The average molecular weight is 403 g/mol. The second kappa shape index (κ2) is 9.57. The molecular formula is C25H26N2OS. The van der Waals surface area contributed by atoms with E-state index in [1.54, 1.807) is 0 Å². The molecule has 148 valence electrons. The Labute approximate surface area is 178 Å². The fourth-order valence-electron chi connectivity index (χ4n) is 3.74. The molecule has 0 spiro atoms. The molecule has 1 unspecified atom stereocenters. The van der Waals surface area contributed by atoms with Gasteiger partial charge in [-0.2, -0.15) is 0 Å². The summed E-state index contributed by atoms with van der Waals surface area (Å²) in [5, 5.41) is 4.21. The standard InChI is InChI=1S/C25H26N2OS/c29-25-26-18-24(27(25)16-8-13-20-9-3-1-4-10-20)22-14-7-15-23(17-22)28-19-21-11-5-2-6-12-21/h1-7,9-12,14-15,17,24H,8,13,16,18-19H2,(H,26,29). The van der Waals surface area contributed by atoms with Crippen molar-refractivity contribution < 1.29 is 4.74 Å². The molecule has 0 aliphatic carbocycles. The Morgan fingerprint density at radius 2 is 1.62 bits per heavy atom. The van der Waals surface area contributed by atoms with E-state index in [0.717, 1.165) is 36.8 Å². The normalized spacial score (nSPS) is 15.9. The van der Waals surface area contributed by atoms with E-state index in [1.807, 2.05) is 24.3 Å². The molecule has 4 rings (SSSR count). The van der Waals surface area contributed by atoms with E-state index in [4.69, 9.17) is 17.0 Å². The Morgan fingerprint density at radius 3 is 2.38 bits per heavy atom. The van der Waals surface area contributed by atoms with Crippen molar-refractivity contribution in [2.75, 3.05) is 13.1 Å². The van der Waals surface area contributed by atoms with Gasteiger partial charge in [0.2, 0.25) is 0 Å². The molecule has 1 aliphatic rings. The first-order valence-corrected chi connectivity index (χ1v) is 10.6. The summed E-state index contributed by atoms with van der Waals surface area (Å²) in [6.07, 6.45) is 2.14. The summed E-state index contributed by atoms with van der Waals surface area (Å²) >= 11 is 5.58. The summed E-state index contributed by atoms with van der Waals surface area (Å²) in [6.45, 7) is 2.36. The van der Waals surface area contributed by atoms with Crippen molar-refractivity contribution in [3.05, 3.63) is 102 Å². The lowest BCUT2D eigenvalue weighted by atomic mass is 10.1. The Kier molecular flexibility index (Phi) is 6.42. The molecule has 3 aromatic carbocycles. The van der Waals surface area contributed by atoms with Crippen LogP contribution >= 0.6 is 12.2 Å². The van der Waals surface area contributed by atoms with Gasteiger partial charge < -0.3 is 15.0 Å². The SMILES string of the molecule is S=C1NCC(c2cccc(OCc3ccccc3)c2)N1CCCc1ccccc1. The molecule has 3 aromatic rings. The minimum atomic E-state index is 0.249. The maximum absolute atomic E-state index is 6.02. The summed E-state index contributed by atoms with van der Waals surface area (Å²) < 4.78 is 6.02. The second-order valence-corrected chi connectivity index (χ2v) is 7.72. The van der Waals surface area contributed by atoms with Crippen molar-refractivity contribution in [3.8, 4) is 5.75 Å². The smallest absolute Gasteiger partial charge is 0.169 e. The maximum Gasteiger partial charge on any atom is 0.169 e. The number of hydrogen-bond donors (Lipinski definition) is 1. The van der Waals surface area contributed by atoms with Crippen molar-refractivity contribution >= 4 is 17.3 Å². The van der Waals surface area contributed by atoms with Crippen LogP contribution in [0.1, 0.15) is 29.2 Å². The molecule has 29 heavy (non-hydrogen) atoms. The van der Waals surface area contributed by atoms with Gasteiger partial charge in [0, 0.05) is 13.1 Å². The van der Waals surface area contributed by atoms with Crippen molar-refractivity contribution in [3.63, 3.8) is 0 Å². The number of thiocarbonyl (C=S) groups is 1. The summed E-state index contributed by atoms with van der Waals surface area (Å²) in [5.74, 6) is 0.897. The van der Waals surface area contributed by atoms with Crippen LogP contribution in [0.5, 0.6) is 5.75 Å². The molecule has 3 nitrogen and oxygen atoms in total. The number of hydrogen-bond acceptors (Lipinski definition) is 2. The van der Waals surface area contributed by atoms with Crippen molar-refractivity contribution in [2.45, 2.75) is 25.5 Å². The van der Waals surface area contributed by atoms with Gasteiger partial charge in [0.25, 0.3) is 0 Å². The Bertz CT molecular complexity index is 930. The highest BCUT2D eigenvalue weighted by Crippen LogP contribution is 2.28. The number of nitrogens with zero attached hydrogens (tertiary/aromatic N) is 1. The number of nitrogens with one attached hydrogen (secondary N) is 1. The van der Waals surface area contributed by atoms with Crippen LogP contribution < -0.4 is 10.1 Å². The summed E-state index contributed by atoms with van der Waals surface area (Å²) in [5.41, 5.74) is 3.78. The Hall–Kier alpha value is -2.85. The lowest BCUT2D eigenvalue weighted by molar-refractivity contribution is 0.304. The van der Waals surface area contributed by atoms with E-state index < -0.39 is 0 Å². The van der Waals surface area contributed by atoms with Gasteiger partial charge in [-0.05, 0) is 53.9 Å². The van der Waals surface area contributed by atoms with Gasteiger partial charge in [0.05, 0.1) is 6.04 Å². The first-order valence-electron chi connectivity index (χ1n) is 10.1. The molecule has 0 bridgehead atoms. The predicted molar refractivity (Wildman–Crippen MR) is 122 cm³/mol. The second-order valence-electron chi connectivity index (χ2n) is 7.33. The highest BCUT2D eigenvalue weighted by molar-refractivity contribution is 7.80. The van der Waals surface area contributed by atoms with Crippen molar-refractivity contribution in [1.29, 1.82) is 0 Å². The fourth-order valence-corrected chi connectivity index (χ4v) is 4.05. The van der Waals surface area contributed by atoms with Crippen LogP contribution in [0, 0.1) is 0 Å². The first kappa shape index (κ1) is 19.5. The lowest BCUT2D eigenvalue weighted by Gasteiger charge is -2.25. The van der Waals surface area contributed by atoms with Crippen LogP contribution in [0.15, 0.2) is 84.9 Å². The van der Waals surface area contributed by atoms with Gasteiger partial charge in [-0.3, -0.25) is 0 Å². The Balaban J connectivity index is 1.38. The number of benzene rings is 3. The van der Waals surface area contributed by atoms with Gasteiger partial charge in [-0.25, -0.2) is 0 Å². The molecule has 1 saturated heterocycles. The van der Waals surface area contributed by atoms with Crippen LogP contribution in [0.25, 0.3) is 0 Å². The fraction of sp³-hybridized carbons (Fsp3) is 0.240. The lowest BCUT2D eigenvalue weighted by Crippen LogP contribution is -2.30. The third-order valence-electron chi connectivity index (χ3n) is 5.28. The molecule has 0 radical (unpaired) electrons. The number of rotatable bonds is 8. The van der Waals surface area contributed by atoms with Crippen LogP contribution in [0.3, 0.4) is 0 Å². The summed E-state index contributed by atoms with van der Waals surface area (Å²) in [7, 11) is 0. The summed E-state index contributed by atoms with van der Waals surface area (Å²) in [4.78, 5) is 2.31. The Morgan fingerprint density at radius 1 is 0.897 bits per heavy atom. The molecule has 0 saturated carbocycles. The third-order valence-corrected chi connectivity index (χ3v) is 5.66. The highest BCUT2D eigenvalue weighted by Gasteiger charge is 2.28. The third kappa shape index (κ3) is 5.15. The van der Waals surface area contributed by atoms with E-state index in [9.17, 15) is 0 Å². The molecule has 1 fully saturated rings. The molecule has 1 N–H and O–H groups in total. The van der Waals surface area contributed by atoms with E-state index in [1.165, 1.54) is 16.7 Å².